The van der Waals surface area contributed by atoms with Crippen LogP contribution in [-0.2, 0) is 4.74 Å². The number of ether oxygens (including phenoxy) is 1. The molecule has 0 radical (unpaired) electrons. The lowest BCUT2D eigenvalue weighted by atomic mass is 9.86. The van der Waals surface area contributed by atoms with Gasteiger partial charge in [0.15, 0.2) is 0 Å². The lowest BCUT2D eigenvalue weighted by Gasteiger charge is -2.26. The minimum atomic E-state index is -1.12. The Morgan fingerprint density at radius 1 is 1.07 bits per heavy atom. The van der Waals surface area contributed by atoms with Crippen LogP contribution in [0.25, 0.3) is 0 Å². The smallest absolute Gasteiger partial charge is 0.0864 e. The fraction of sp³-hybridized carbons (Fsp3) is 1.00. The average Bonchev–Trinajstić information content (AvgIpc) is 2.80. The van der Waals surface area contributed by atoms with Gasteiger partial charge in [-0.2, -0.15) is 0 Å². The zero-order valence-corrected chi connectivity index (χ0v) is 11.1. The summed E-state index contributed by atoms with van der Waals surface area (Å²) in [5.41, 5.74) is 0. The van der Waals surface area contributed by atoms with Crippen LogP contribution in [0, 0.1) is 5.92 Å². The van der Waals surface area contributed by atoms with E-state index in [9.17, 15) is 0 Å². The first-order valence-electron chi connectivity index (χ1n) is 6.13. The molecular formula is C12H24OSi. The molecule has 0 unspecified atom stereocenters. The van der Waals surface area contributed by atoms with Crippen LogP contribution in [0.4, 0.5) is 0 Å². The average molecular weight is 212 g/mol. The van der Waals surface area contributed by atoms with Gasteiger partial charge in [-0.05, 0) is 25.7 Å². The van der Waals surface area contributed by atoms with E-state index >= 15 is 0 Å². The maximum atomic E-state index is 6.07. The molecule has 2 atom stereocenters. The third-order valence-corrected chi connectivity index (χ3v) is 7.81. The molecule has 2 heteroatoms. The van der Waals surface area contributed by atoms with Crippen LogP contribution in [-0.4, -0.2) is 19.4 Å². The lowest BCUT2D eigenvalue weighted by Crippen LogP contribution is -2.42. The van der Waals surface area contributed by atoms with E-state index in [0.717, 1.165) is 5.92 Å². The highest BCUT2D eigenvalue weighted by atomic mass is 28.3. The van der Waals surface area contributed by atoms with Crippen molar-refractivity contribution in [2.24, 2.45) is 5.92 Å². The largest absolute Gasteiger partial charge is 0.370 e. The molecule has 82 valence electrons. The fourth-order valence-electron chi connectivity index (χ4n) is 2.82. The summed E-state index contributed by atoms with van der Waals surface area (Å²) in [7, 11) is -1.12. The van der Waals surface area contributed by atoms with E-state index < -0.39 is 8.07 Å². The molecule has 1 aliphatic heterocycles. The van der Waals surface area contributed by atoms with Gasteiger partial charge in [0, 0.05) is 0 Å². The first-order valence-corrected chi connectivity index (χ1v) is 9.63. The fourth-order valence-corrected chi connectivity index (χ4v) is 4.39. The zero-order chi connectivity index (χ0) is 10.4. The van der Waals surface area contributed by atoms with Gasteiger partial charge in [-0.1, -0.05) is 38.9 Å². The van der Waals surface area contributed by atoms with Crippen molar-refractivity contribution in [3.05, 3.63) is 0 Å². The highest BCUT2D eigenvalue weighted by Crippen LogP contribution is 2.50. The van der Waals surface area contributed by atoms with Crippen LogP contribution >= 0.6 is 0 Å². The molecular weight excluding hydrogens is 188 g/mol. The van der Waals surface area contributed by atoms with Crippen LogP contribution in [0.2, 0.25) is 19.6 Å². The molecule has 0 amide bonds. The molecule has 2 rings (SSSR count). The van der Waals surface area contributed by atoms with Gasteiger partial charge in [0.25, 0.3) is 0 Å². The maximum Gasteiger partial charge on any atom is 0.0864 e. The number of hydrogen-bond donors (Lipinski definition) is 0. The Kier molecular flexibility index (Phi) is 2.55. The molecule has 1 heterocycles. The van der Waals surface area contributed by atoms with E-state index in [-0.39, 0.29) is 0 Å². The van der Waals surface area contributed by atoms with Crippen molar-refractivity contribution >= 4 is 8.07 Å². The summed E-state index contributed by atoms with van der Waals surface area (Å²) >= 11 is 0. The summed E-state index contributed by atoms with van der Waals surface area (Å²) in [4.78, 5) is 0. The molecule has 1 saturated heterocycles. The molecule has 0 bridgehead atoms. The van der Waals surface area contributed by atoms with Gasteiger partial charge in [0.2, 0.25) is 0 Å². The van der Waals surface area contributed by atoms with Gasteiger partial charge >= 0.3 is 0 Å². The lowest BCUT2D eigenvalue weighted by molar-refractivity contribution is 0.260. The quantitative estimate of drug-likeness (QED) is 0.503. The van der Waals surface area contributed by atoms with Gasteiger partial charge < -0.3 is 4.74 Å². The van der Waals surface area contributed by atoms with Gasteiger partial charge in [-0.3, -0.25) is 0 Å². The number of epoxide rings is 1. The summed E-state index contributed by atoms with van der Waals surface area (Å²) in [6.07, 6.45) is 7.79. The topological polar surface area (TPSA) is 12.5 Å². The minimum absolute atomic E-state index is 0.301. The van der Waals surface area contributed by atoms with Gasteiger partial charge in [0.1, 0.15) is 0 Å². The summed E-state index contributed by atoms with van der Waals surface area (Å²) in [6, 6.07) is 0. The normalized spacial score (nSPS) is 39.9. The molecule has 2 aliphatic rings. The molecule has 0 aromatic rings. The number of rotatable bonds is 2. The third-order valence-electron chi connectivity index (χ3n) is 4.42. The Morgan fingerprint density at radius 3 is 2.07 bits per heavy atom. The molecule has 1 aliphatic carbocycles. The summed E-state index contributed by atoms with van der Waals surface area (Å²) in [6.45, 7) is 9.68. The zero-order valence-electron chi connectivity index (χ0n) is 10.1. The highest BCUT2D eigenvalue weighted by molar-refractivity contribution is 6.79. The predicted molar refractivity (Wildman–Crippen MR) is 63.2 cm³/mol. The Bertz CT molecular complexity index is 215. The monoisotopic (exact) mass is 212 g/mol. The van der Waals surface area contributed by atoms with Crippen molar-refractivity contribution in [3.8, 4) is 0 Å². The first-order chi connectivity index (χ1) is 6.45. The maximum absolute atomic E-state index is 6.07. The van der Waals surface area contributed by atoms with Crippen molar-refractivity contribution in [1.29, 1.82) is 0 Å². The van der Waals surface area contributed by atoms with Crippen molar-refractivity contribution in [2.75, 3.05) is 0 Å². The number of hydrogen-bond acceptors (Lipinski definition) is 1. The predicted octanol–water partition coefficient (Wildman–Crippen LogP) is 3.60. The summed E-state index contributed by atoms with van der Waals surface area (Å²) in [5, 5.41) is 0.301. The third kappa shape index (κ3) is 1.67. The Balaban J connectivity index is 1.96. The van der Waals surface area contributed by atoms with E-state index in [4.69, 9.17) is 4.74 Å². The van der Waals surface area contributed by atoms with E-state index in [1.165, 1.54) is 32.1 Å². The van der Waals surface area contributed by atoms with Gasteiger partial charge in [-0.25, -0.2) is 0 Å². The second-order valence-electron chi connectivity index (χ2n) is 6.29. The van der Waals surface area contributed by atoms with Crippen molar-refractivity contribution in [2.45, 2.75) is 70.0 Å². The van der Waals surface area contributed by atoms with Gasteiger partial charge in [-0.15, -0.1) is 0 Å². The first kappa shape index (κ1) is 10.7. The molecule has 14 heavy (non-hydrogen) atoms. The molecule has 0 aromatic carbocycles. The van der Waals surface area contributed by atoms with Crippen LogP contribution in [0.1, 0.15) is 39.0 Å². The Labute approximate surface area is 89.2 Å². The van der Waals surface area contributed by atoms with E-state index in [1.807, 2.05) is 0 Å². The van der Waals surface area contributed by atoms with Crippen LogP contribution < -0.4 is 0 Å². The second kappa shape index (κ2) is 3.34. The second-order valence-corrected chi connectivity index (χ2v) is 11.8. The van der Waals surface area contributed by atoms with Crippen molar-refractivity contribution in [3.63, 3.8) is 0 Å². The van der Waals surface area contributed by atoms with E-state index in [2.05, 4.69) is 26.6 Å². The molecule has 0 spiro atoms. The highest BCUT2D eigenvalue weighted by Gasteiger charge is 2.62. The SMILES string of the molecule is C[C@]1([Si](C)(C)C)O[C@@H]1C1CCCCC1. The minimum Gasteiger partial charge on any atom is -0.370 e. The van der Waals surface area contributed by atoms with Crippen molar-refractivity contribution in [1.82, 2.24) is 0 Å². The van der Waals surface area contributed by atoms with E-state index in [0.29, 0.717) is 11.3 Å². The summed E-state index contributed by atoms with van der Waals surface area (Å²) < 4.78 is 6.07. The van der Waals surface area contributed by atoms with Gasteiger partial charge in [0.05, 0.1) is 19.4 Å². The molecule has 0 aromatic heterocycles. The van der Waals surface area contributed by atoms with Crippen LogP contribution in [0.5, 0.6) is 0 Å². The van der Waals surface area contributed by atoms with Crippen LogP contribution in [0.15, 0.2) is 0 Å². The Morgan fingerprint density at radius 2 is 1.64 bits per heavy atom. The standard InChI is InChI=1S/C12H24OSi/c1-12(14(2,3)4)11(13-12)10-8-6-5-7-9-10/h10-11H,5-9H2,1-4H3/t11-,12-/m1/s1. The molecule has 0 N–H and O–H groups in total. The molecule has 1 nitrogen and oxygen atoms in total. The summed E-state index contributed by atoms with van der Waals surface area (Å²) in [5.74, 6) is 0.889. The molecule has 2 fully saturated rings. The Hall–Kier alpha value is 0.177. The molecule has 1 saturated carbocycles. The van der Waals surface area contributed by atoms with Crippen molar-refractivity contribution < 1.29 is 4.74 Å². The van der Waals surface area contributed by atoms with Crippen LogP contribution in [0.3, 0.4) is 0 Å². The van der Waals surface area contributed by atoms with E-state index in [1.54, 1.807) is 0 Å².